The lowest BCUT2D eigenvalue weighted by Gasteiger charge is -2.36. The van der Waals surface area contributed by atoms with Crippen LogP contribution in [-0.4, -0.2) is 71.6 Å². The minimum Gasteiger partial charge on any atom is -0.449 e. The van der Waals surface area contributed by atoms with Crippen LogP contribution in [0.2, 0.25) is 0 Å². The molecule has 4 atom stereocenters. The van der Waals surface area contributed by atoms with E-state index >= 15 is 0 Å². The third kappa shape index (κ3) is 4.61. The van der Waals surface area contributed by atoms with Crippen LogP contribution < -0.4 is 10.6 Å². The Labute approximate surface area is 185 Å². The van der Waals surface area contributed by atoms with Crippen molar-refractivity contribution in [2.45, 2.75) is 36.9 Å². The normalized spacial score (nSPS) is 24.3. The van der Waals surface area contributed by atoms with Gasteiger partial charge in [-0.05, 0) is 22.3 Å². The van der Waals surface area contributed by atoms with E-state index in [2.05, 4.69) is 10.6 Å². The summed E-state index contributed by atoms with van der Waals surface area (Å²) >= 11 is 0. The summed E-state index contributed by atoms with van der Waals surface area (Å²) in [6.45, 7) is -0.674. The molecule has 0 spiro atoms. The van der Waals surface area contributed by atoms with Crippen molar-refractivity contribution in [3.8, 4) is 11.1 Å². The third-order valence-corrected chi connectivity index (χ3v) is 5.85. The molecule has 1 fully saturated rings. The van der Waals surface area contributed by atoms with Crippen molar-refractivity contribution in [3.63, 3.8) is 0 Å². The fourth-order valence-electron chi connectivity index (χ4n) is 4.25. The quantitative estimate of drug-likeness (QED) is 0.439. The highest BCUT2D eigenvalue weighted by Gasteiger charge is 2.36. The number of carbonyl (C=O) groups is 2. The fourth-order valence-corrected chi connectivity index (χ4v) is 4.25. The second-order valence-electron chi connectivity index (χ2n) is 7.90. The molecule has 4 rings (SSSR count). The molecule has 32 heavy (non-hydrogen) atoms. The van der Waals surface area contributed by atoms with Gasteiger partial charge < -0.3 is 35.4 Å². The van der Waals surface area contributed by atoms with Gasteiger partial charge in [0, 0.05) is 12.3 Å². The van der Waals surface area contributed by atoms with E-state index in [0.29, 0.717) is 0 Å². The molecule has 0 saturated carbocycles. The molecule has 170 valence electrons. The lowest BCUT2D eigenvalue weighted by atomic mass is 9.98. The van der Waals surface area contributed by atoms with Gasteiger partial charge in [0.05, 0.1) is 18.8 Å². The number of ether oxygens (including phenoxy) is 2. The molecule has 4 unspecified atom stereocenters. The first-order valence-corrected chi connectivity index (χ1v) is 10.5. The second kappa shape index (κ2) is 9.66. The van der Waals surface area contributed by atoms with Gasteiger partial charge in [-0.15, -0.1) is 0 Å². The van der Waals surface area contributed by atoms with Crippen molar-refractivity contribution in [1.29, 1.82) is 0 Å². The number of carbonyl (C=O) groups excluding carboxylic acids is 2. The molecular weight excluding hydrogens is 416 g/mol. The number of fused-ring (bicyclic) bond motifs is 3. The maximum absolute atomic E-state index is 12.2. The first-order chi connectivity index (χ1) is 15.5. The molecule has 1 heterocycles. The molecule has 0 aromatic heterocycles. The largest absolute Gasteiger partial charge is 0.449 e. The number of amides is 2. The maximum atomic E-state index is 12.2. The van der Waals surface area contributed by atoms with Crippen LogP contribution in [0.15, 0.2) is 48.5 Å². The van der Waals surface area contributed by atoms with E-state index in [1.54, 1.807) is 0 Å². The van der Waals surface area contributed by atoms with E-state index in [9.17, 15) is 19.8 Å². The number of rotatable bonds is 6. The van der Waals surface area contributed by atoms with E-state index in [1.165, 1.54) is 0 Å². The zero-order valence-corrected chi connectivity index (χ0v) is 17.3. The molecule has 9 heteroatoms. The molecule has 2 aromatic carbocycles. The molecule has 5 N–H and O–H groups in total. The van der Waals surface area contributed by atoms with Crippen molar-refractivity contribution in [2.24, 2.45) is 0 Å². The number of benzene rings is 2. The summed E-state index contributed by atoms with van der Waals surface area (Å²) in [7, 11) is 0. The van der Waals surface area contributed by atoms with E-state index in [0.717, 1.165) is 22.3 Å². The van der Waals surface area contributed by atoms with Crippen LogP contribution in [0.5, 0.6) is 0 Å². The molecule has 0 radical (unpaired) electrons. The predicted octanol–water partition coefficient (Wildman–Crippen LogP) is 0.470. The Morgan fingerprint density at radius 3 is 2.28 bits per heavy atom. The molecular formula is C23H26N2O7. The van der Waals surface area contributed by atoms with Crippen LogP contribution in [0.3, 0.4) is 0 Å². The second-order valence-corrected chi connectivity index (χ2v) is 7.90. The Kier molecular flexibility index (Phi) is 6.71. The lowest BCUT2D eigenvalue weighted by molar-refractivity contribution is -0.221. The van der Waals surface area contributed by atoms with Crippen LogP contribution in [-0.2, 0) is 14.3 Å². The summed E-state index contributed by atoms with van der Waals surface area (Å²) in [4.78, 5) is 24.3. The van der Waals surface area contributed by atoms with Gasteiger partial charge in [0.1, 0.15) is 19.3 Å². The molecule has 0 bridgehead atoms. The average molecular weight is 442 g/mol. The first-order valence-electron chi connectivity index (χ1n) is 10.5. The van der Waals surface area contributed by atoms with Crippen molar-refractivity contribution >= 4 is 12.0 Å². The van der Waals surface area contributed by atoms with Crippen molar-refractivity contribution < 1.29 is 34.4 Å². The van der Waals surface area contributed by atoms with Gasteiger partial charge in [-0.25, -0.2) is 4.79 Å². The van der Waals surface area contributed by atoms with Crippen molar-refractivity contribution in [2.75, 3.05) is 19.8 Å². The molecule has 2 aliphatic rings. The Morgan fingerprint density at radius 2 is 1.66 bits per heavy atom. The van der Waals surface area contributed by atoms with Gasteiger partial charge in [-0.3, -0.25) is 4.79 Å². The number of hydrogen-bond donors (Lipinski definition) is 5. The molecule has 9 nitrogen and oxygen atoms in total. The standard InChI is InChI=1S/C23H26N2O7/c26-11-20-19(27)9-18(22(29)32-20)25-21(28)10-24-23(30)31-12-17-15-7-3-1-5-13(15)14-6-2-4-8-16(14)17/h1-8,17-20,22,26-27,29H,9-12H2,(H,24,30)(H,25,28). The molecule has 1 aliphatic carbocycles. The summed E-state index contributed by atoms with van der Waals surface area (Å²) in [5, 5.41) is 33.7. The van der Waals surface area contributed by atoms with Gasteiger partial charge in [0.25, 0.3) is 0 Å². The summed E-state index contributed by atoms with van der Waals surface area (Å²) in [5.74, 6) is -0.654. The summed E-state index contributed by atoms with van der Waals surface area (Å²) < 4.78 is 10.4. The Bertz CT molecular complexity index is 937. The SMILES string of the molecule is O=C(CNC(=O)OCC1c2ccccc2-c2ccccc21)NC1CC(O)C(CO)OC1O. The van der Waals surface area contributed by atoms with Gasteiger partial charge in [-0.1, -0.05) is 48.5 Å². The number of aliphatic hydroxyl groups excluding tert-OH is 3. The number of aliphatic hydroxyl groups is 3. The van der Waals surface area contributed by atoms with Gasteiger partial charge in [0.15, 0.2) is 6.29 Å². The number of alkyl carbamates (subject to hydrolysis) is 1. The molecule has 1 aliphatic heterocycles. The summed E-state index contributed by atoms with van der Waals surface area (Å²) in [6, 6.07) is 15.1. The highest BCUT2D eigenvalue weighted by Crippen LogP contribution is 2.44. The average Bonchev–Trinajstić information content (AvgIpc) is 3.12. The van der Waals surface area contributed by atoms with E-state index in [-0.39, 0.29) is 25.5 Å². The third-order valence-electron chi connectivity index (χ3n) is 5.85. The van der Waals surface area contributed by atoms with E-state index < -0.39 is 43.1 Å². The molecule has 2 amide bonds. The number of hydrogen-bond acceptors (Lipinski definition) is 7. The van der Waals surface area contributed by atoms with Gasteiger partial charge >= 0.3 is 6.09 Å². The minimum absolute atomic E-state index is 0.0169. The minimum atomic E-state index is -1.37. The highest BCUT2D eigenvalue weighted by molar-refractivity contribution is 5.82. The molecule has 2 aromatic rings. The van der Waals surface area contributed by atoms with Gasteiger partial charge in [-0.2, -0.15) is 0 Å². The van der Waals surface area contributed by atoms with Crippen LogP contribution >= 0.6 is 0 Å². The van der Waals surface area contributed by atoms with E-state index in [4.69, 9.17) is 14.6 Å². The van der Waals surface area contributed by atoms with Crippen LogP contribution in [0, 0.1) is 0 Å². The smallest absolute Gasteiger partial charge is 0.407 e. The van der Waals surface area contributed by atoms with Crippen LogP contribution in [0.25, 0.3) is 11.1 Å². The number of nitrogens with one attached hydrogen (secondary N) is 2. The van der Waals surface area contributed by atoms with Crippen molar-refractivity contribution in [1.82, 2.24) is 10.6 Å². The summed E-state index contributed by atoms with van der Waals surface area (Å²) in [6.07, 6.45) is -4.01. The van der Waals surface area contributed by atoms with E-state index in [1.807, 2.05) is 48.5 Å². The Morgan fingerprint density at radius 1 is 1.03 bits per heavy atom. The monoisotopic (exact) mass is 442 g/mol. The Hall–Kier alpha value is -2.98. The maximum Gasteiger partial charge on any atom is 0.407 e. The Balaban J connectivity index is 1.27. The zero-order chi connectivity index (χ0) is 22.7. The first kappa shape index (κ1) is 22.2. The predicted molar refractivity (Wildman–Crippen MR) is 114 cm³/mol. The highest BCUT2D eigenvalue weighted by atomic mass is 16.6. The van der Waals surface area contributed by atoms with Crippen LogP contribution in [0.1, 0.15) is 23.5 Å². The topological polar surface area (TPSA) is 137 Å². The van der Waals surface area contributed by atoms with Crippen molar-refractivity contribution in [3.05, 3.63) is 59.7 Å². The van der Waals surface area contributed by atoms with Gasteiger partial charge in [0.2, 0.25) is 5.91 Å². The van der Waals surface area contributed by atoms with Crippen LogP contribution in [0.4, 0.5) is 4.79 Å². The lowest BCUT2D eigenvalue weighted by Crippen LogP contribution is -2.56. The molecule has 1 saturated heterocycles. The fraction of sp³-hybridized carbons (Fsp3) is 0.391. The summed E-state index contributed by atoms with van der Waals surface area (Å²) in [5.41, 5.74) is 4.42. The zero-order valence-electron chi connectivity index (χ0n) is 17.3.